The van der Waals surface area contributed by atoms with Crippen molar-refractivity contribution < 1.29 is 24.2 Å². The van der Waals surface area contributed by atoms with E-state index in [0.29, 0.717) is 25.3 Å². The van der Waals surface area contributed by atoms with Crippen LogP contribution in [0.1, 0.15) is 62.3 Å². The van der Waals surface area contributed by atoms with Gasteiger partial charge in [-0.25, -0.2) is 9.59 Å². The van der Waals surface area contributed by atoms with Crippen LogP contribution in [0, 0.1) is 13.8 Å². The monoisotopic (exact) mass is 480 g/mol. The molecule has 7 nitrogen and oxygen atoms in total. The molecule has 0 aliphatic carbocycles. The van der Waals surface area contributed by atoms with Crippen molar-refractivity contribution in [2.24, 2.45) is 0 Å². The second-order valence-corrected chi connectivity index (χ2v) is 9.79. The Hall–Kier alpha value is -3.35. The van der Waals surface area contributed by atoms with E-state index in [9.17, 15) is 19.5 Å². The standard InChI is InChI=1S/C28H36N2O5/c1-6-16-29-24(25(31)30(27(29)34)18-22-11-10-19(2)20(3)17-22)9-7-8-21-12-14-23(15-13-21)35-28(4,5)26(32)33/h10-15,17,24H,6-9,16,18H2,1-5H3,(H,32,33). The normalized spacial score (nSPS) is 16.2. The highest BCUT2D eigenvalue weighted by Gasteiger charge is 2.43. The van der Waals surface area contributed by atoms with Gasteiger partial charge in [0.2, 0.25) is 0 Å². The fourth-order valence-electron chi connectivity index (χ4n) is 4.26. The lowest BCUT2D eigenvalue weighted by Crippen LogP contribution is -2.37. The largest absolute Gasteiger partial charge is 0.478 e. The molecule has 1 fully saturated rings. The fourth-order valence-corrected chi connectivity index (χ4v) is 4.26. The summed E-state index contributed by atoms with van der Waals surface area (Å²) in [5.41, 5.74) is 3.05. The summed E-state index contributed by atoms with van der Waals surface area (Å²) in [6, 6.07) is 12.7. The maximum Gasteiger partial charge on any atom is 0.347 e. The number of ether oxygens (including phenoxy) is 1. The highest BCUT2D eigenvalue weighted by molar-refractivity contribution is 6.04. The number of aryl methyl sites for hydroxylation is 3. The molecule has 35 heavy (non-hydrogen) atoms. The number of carbonyl (C=O) groups excluding carboxylic acids is 2. The Bertz CT molecular complexity index is 1080. The van der Waals surface area contributed by atoms with Crippen molar-refractivity contribution >= 4 is 17.9 Å². The van der Waals surface area contributed by atoms with Crippen molar-refractivity contribution in [1.82, 2.24) is 9.80 Å². The third-order valence-electron chi connectivity index (χ3n) is 6.53. The van der Waals surface area contributed by atoms with Crippen LogP contribution < -0.4 is 4.74 Å². The molecule has 2 aromatic carbocycles. The minimum Gasteiger partial charge on any atom is -0.478 e. The summed E-state index contributed by atoms with van der Waals surface area (Å²) >= 11 is 0. The first-order chi connectivity index (χ1) is 16.5. The fraction of sp³-hybridized carbons (Fsp3) is 0.464. The Morgan fingerprint density at radius 2 is 1.69 bits per heavy atom. The van der Waals surface area contributed by atoms with E-state index in [1.54, 1.807) is 17.0 Å². The average molecular weight is 481 g/mol. The van der Waals surface area contributed by atoms with Gasteiger partial charge in [-0.15, -0.1) is 0 Å². The van der Waals surface area contributed by atoms with Crippen molar-refractivity contribution in [3.05, 3.63) is 64.7 Å². The molecule has 1 aliphatic heterocycles. The quantitative estimate of drug-likeness (QED) is 0.452. The molecule has 0 aromatic heterocycles. The first kappa shape index (κ1) is 26.3. The van der Waals surface area contributed by atoms with Gasteiger partial charge in [-0.3, -0.25) is 9.69 Å². The van der Waals surface area contributed by atoms with Gasteiger partial charge in [-0.05, 0) is 87.8 Å². The third-order valence-corrected chi connectivity index (χ3v) is 6.53. The minimum absolute atomic E-state index is 0.124. The number of amides is 3. The number of urea groups is 1. The molecule has 1 atom stereocenters. The van der Waals surface area contributed by atoms with Crippen molar-refractivity contribution in [2.45, 2.75) is 78.5 Å². The number of imide groups is 1. The molecule has 0 spiro atoms. The van der Waals surface area contributed by atoms with Crippen LogP contribution in [0.15, 0.2) is 42.5 Å². The summed E-state index contributed by atoms with van der Waals surface area (Å²) in [7, 11) is 0. The van der Waals surface area contributed by atoms with Gasteiger partial charge in [0.25, 0.3) is 5.91 Å². The molecular weight excluding hydrogens is 444 g/mol. The second kappa shape index (κ2) is 10.9. The van der Waals surface area contributed by atoms with Crippen LogP contribution in [0.4, 0.5) is 4.79 Å². The molecule has 1 heterocycles. The summed E-state index contributed by atoms with van der Waals surface area (Å²) in [6.07, 6.45) is 2.89. The molecule has 1 N–H and O–H groups in total. The zero-order valence-electron chi connectivity index (χ0n) is 21.3. The minimum atomic E-state index is -1.30. The molecule has 188 valence electrons. The van der Waals surface area contributed by atoms with Crippen LogP contribution in [0.2, 0.25) is 0 Å². The Kier molecular flexibility index (Phi) is 8.20. The molecule has 3 amide bonds. The molecule has 2 aromatic rings. The van der Waals surface area contributed by atoms with Gasteiger partial charge in [0.15, 0.2) is 5.60 Å². The lowest BCUT2D eigenvalue weighted by atomic mass is 10.0. The second-order valence-electron chi connectivity index (χ2n) is 9.79. The number of carboxylic acids is 1. The molecule has 0 saturated carbocycles. The predicted molar refractivity (Wildman–Crippen MR) is 134 cm³/mol. The van der Waals surface area contributed by atoms with Crippen molar-refractivity contribution in [3.8, 4) is 5.75 Å². The zero-order chi connectivity index (χ0) is 25.8. The molecule has 0 bridgehead atoms. The van der Waals surface area contributed by atoms with Crippen LogP contribution in [-0.4, -0.2) is 51.0 Å². The zero-order valence-corrected chi connectivity index (χ0v) is 21.3. The number of aliphatic carboxylic acids is 1. The Balaban J connectivity index is 1.62. The number of hydrogen-bond acceptors (Lipinski definition) is 4. The van der Waals surface area contributed by atoms with E-state index in [1.807, 2.05) is 51.1 Å². The Labute approximate surface area is 207 Å². The van der Waals surface area contributed by atoms with Crippen LogP contribution in [0.5, 0.6) is 5.75 Å². The number of benzene rings is 2. The number of carbonyl (C=O) groups is 3. The lowest BCUT2D eigenvalue weighted by Gasteiger charge is -2.22. The molecule has 7 heteroatoms. The van der Waals surface area contributed by atoms with Crippen molar-refractivity contribution in [1.29, 1.82) is 0 Å². The maximum absolute atomic E-state index is 13.2. The van der Waals surface area contributed by atoms with E-state index in [0.717, 1.165) is 36.0 Å². The topological polar surface area (TPSA) is 87.2 Å². The van der Waals surface area contributed by atoms with Gasteiger partial charge in [-0.1, -0.05) is 37.3 Å². The highest BCUT2D eigenvalue weighted by Crippen LogP contribution is 2.26. The van der Waals surface area contributed by atoms with Crippen LogP contribution >= 0.6 is 0 Å². The third kappa shape index (κ3) is 6.21. The molecule has 1 saturated heterocycles. The summed E-state index contributed by atoms with van der Waals surface area (Å²) in [5.74, 6) is -0.657. The van der Waals surface area contributed by atoms with Crippen LogP contribution in [0.25, 0.3) is 0 Å². The van der Waals surface area contributed by atoms with Gasteiger partial charge in [0, 0.05) is 6.54 Å². The number of nitrogens with zero attached hydrogens (tertiary/aromatic N) is 2. The van der Waals surface area contributed by atoms with Crippen molar-refractivity contribution in [2.75, 3.05) is 6.54 Å². The van der Waals surface area contributed by atoms with Crippen LogP contribution in [0.3, 0.4) is 0 Å². The molecule has 1 aliphatic rings. The molecule has 3 rings (SSSR count). The Morgan fingerprint density at radius 3 is 2.29 bits per heavy atom. The van der Waals surface area contributed by atoms with Crippen LogP contribution in [-0.2, 0) is 22.6 Å². The summed E-state index contributed by atoms with van der Waals surface area (Å²) in [5, 5.41) is 9.22. The van der Waals surface area contributed by atoms with E-state index in [1.165, 1.54) is 24.3 Å². The lowest BCUT2D eigenvalue weighted by molar-refractivity contribution is -0.152. The van der Waals surface area contributed by atoms with Gasteiger partial charge >= 0.3 is 12.0 Å². The van der Waals surface area contributed by atoms with E-state index < -0.39 is 17.6 Å². The van der Waals surface area contributed by atoms with E-state index in [4.69, 9.17) is 4.74 Å². The summed E-state index contributed by atoms with van der Waals surface area (Å²) in [6.45, 7) is 9.96. The van der Waals surface area contributed by atoms with E-state index >= 15 is 0 Å². The first-order valence-electron chi connectivity index (χ1n) is 12.2. The van der Waals surface area contributed by atoms with Crippen molar-refractivity contribution in [3.63, 3.8) is 0 Å². The van der Waals surface area contributed by atoms with Gasteiger partial charge < -0.3 is 14.7 Å². The molecule has 1 unspecified atom stereocenters. The van der Waals surface area contributed by atoms with Gasteiger partial charge in [0.05, 0.1) is 6.54 Å². The average Bonchev–Trinajstić information content (AvgIpc) is 3.01. The molecule has 0 radical (unpaired) electrons. The maximum atomic E-state index is 13.2. The summed E-state index contributed by atoms with van der Waals surface area (Å²) < 4.78 is 5.55. The smallest absolute Gasteiger partial charge is 0.347 e. The van der Waals surface area contributed by atoms with E-state index in [2.05, 4.69) is 0 Å². The predicted octanol–water partition coefficient (Wildman–Crippen LogP) is 5.11. The summed E-state index contributed by atoms with van der Waals surface area (Å²) in [4.78, 5) is 40.7. The molecular formula is C28H36N2O5. The van der Waals surface area contributed by atoms with E-state index in [-0.39, 0.29) is 11.9 Å². The Morgan fingerprint density at radius 1 is 1.03 bits per heavy atom. The van der Waals surface area contributed by atoms with Gasteiger partial charge in [0.1, 0.15) is 11.8 Å². The first-order valence-corrected chi connectivity index (χ1v) is 12.2. The number of hydrogen-bond donors (Lipinski definition) is 1. The highest BCUT2D eigenvalue weighted by atomic mass is 16.5. The number of carboxylic acid groups (broad SMARTS) is 1. The van der Waals surface area contributed by atoms with Gasteiger partial charge in [-0.2, -0.15) is 0 Å². The SMILES string of the molecule is CCCN1C(=O)N(Cc2ccc(C)c(C)c2)C(=O)C1CCCc1ccc(OC(C)(C)C(=O)O)cc1. The number of rotatable bonds is 11.